The number of amides is 2. The molecule has 0 aliphatic heterocycles. The molecule has 0 spiro atoms. The van der Waals surface area contributed by atoms with E-state index in [0.717, 1.165) is 4.90 Å². The van der Waals surface area contributed by atoms with Crippen molar-refractivity contribution in [1.82, 2.24) is 4.90 Å². The fourth-order valence-corrected chi connectivity index (χ4v) is 1.48. The minimum atomic E-state index is -0.948. The van der Waals surface area contributed by atoms with E-state index < -0.39 is 18.0 Å². The maximum atomic E-state index is 11.8. The number of carbonyl (C=O) groups excluding carboxylic acids is 2. The Hall–Kier alpha value is -2.57. The number of urea groups is 1. The number of anilines is 1. The zero-order valence-electron chi connectivity index (χ0n) is 11.3. The summed E-state index contributed by atoms with van der Waals surface area (Å²) in [6.07, 6.45) is -0.123. The lowest BCUT2D eigenvalue weighted by Gasteiger charge is -2.16. The molecule has 0 saturated heterocycles. The molecule has 0 bridgehead atoms. The molecule has 0 fully saturated rings. The highest BCUT2D eigenvalue weighted by Crippen LogP contribution is 2.12. The highest BCUT2D eigenvalue weighted by atomic mass is 16.5. The third-order valence-corrected chi connectivity index (χ3v) is 2.47. The Labute approximate surface area is 116 Å². The molecule has 2 amide bonds. The predicted molar refractivity (Wildman–Crippen MR) is 71.4 cm³/mol. The van der Waals surface area contributed by atoms with Crippen LogP contribution >= 0.6 is 0 Å². The molecule has 108 valence electrons. The van der Waals surface area contributed by atoms with E-state index in [-0.39, 0.29) is 13.0 Å². The van der Waals surface area contributed by atoms with E-state index >= 15 is 0 Å². The van der Waals surface area contributed by atoms with E-state index in [2.05, 4.69) is 10.1 Å². The molecule has 1 aromatic carbocycles. The van der Waals surface area contributed by atoms with E-state index in [1.165, 1.54) is 14.2 Å². The number of benzene rings is 1. The van der Waals surface area contributed by atoms with Gasteiger partial charge < -0.3 is 20.1 Å². The number of carbonyl (C=O) groups is 3. The van der Waals surface area contributed by atoms with Crippen LogP contribution in [-0.2, 0) is 20.7 Å². The fraction of sp³-hybridized carbons (Fsp3) is 0.308. The molecule has 0 heterocycles. The van der Waals surface area contributed by atoms with Gasteiger partial charge >= 0.3 is 18.0 Å². The van der Waals surface area contributed by atoms with E-state index in [1.54, 1.807) is 24.3 Å². The van der Waals surface area contributed by atoms with Crippen molar-refractivity contribution in [3.8, 4) is 0 Å². The van der Waals surface area contributed by atoms with Gasteiger partial charge in [-0.15, -0.1) is 0 Å². The number of methoxy groups -OCH3 is 1. The Morgan fingerprint density at radius 3 is 2.65 bits per heavy atom. The SMILES string of the molecule is COC(=O)CN(C)C(=O)Nc1cccc(CC(=O)O)c1. The van der Waals surface area contributed by atoms with Crippen molar-refractivity contribution < 1.29 is 24.2 Å². The summed E-state index contributed by atoms with van der Waals surface area (Å²) in [5.74, 6) is -1.47. The largest absolute Gasteiger partial charge is 0.481 e. The molecule has 0 radical (unpaired) electrons. The van der Waals surface area contributed by atoms with Crippen molar-refractivity contribution in [2.75, 3.05) is 26.0 Å². The number of nitrogens with one attached hydrogen (secondary N) is 1. The van der Waals surface area contributed by atoms with Crippen molar-refractivity contribution >= 4 is 23.7 Å². The smallest absolute Gasteiger partial charge is 0.325 e. The van der Waals surface area contributed by atoms with Crippen LogP contribution in [0.2, 0.25) is 0 Å². The topological polar surface area (TPSA) is 95.9 Å². The number of likely N-dealkylation sites (N-methyl/N-ethyl adjacent to an activating group) is 1. The van der Waals surface area contributed by atoms with Crippen molar-refractivity contribution in [2.45, 2.75) is 6.42 Å². The summed E-state index contributed by atoms with van der Waals surface area (Å²) < 4.78 is 4.46. The van der Waals surface area contributed by atoms with Crippen LogP contribution < -0.4 is 5.32 Å². The summed E-state index contributed by atoms with van der Waals surface area (Å²) in [6.45, 7) is -0.169. The van der Waals surface area contributed by atoms with Gasteiger partial charge in [0.25, 0.3) is 0 Å². The standard InChI is InChI=1S/C13H16N2O5/c1-15(8-12(18)20-2)13(19)14-10-5-3-4-9(6-10)7-11(16)17/h3-6H,7-8H2,1-2H3,(H,14,19)(H,16,17). The number of aliphatic carboxylic acids is 1. The Kier molecular flexibility index (Phi) is 5.52. The van der Waals surface area contributed by atoms with Crippen LogP contribution in [0.15, 0.2) is 24.3 Å². The molecule has 1 aromatic rings. The second-order valence-corrected chi connectivity index (χ2v) is 4.13. The van der Waals surface area contributed by atoms with E-state index in [4.69, 9.17) is 5.11 Å². The molecular formula is C13H16N2O5. The van der Waals surface area contributed by atoms with Gasteiger partial charge in [0.1, 0.15) is 6.54 Å². The first-order valence-corrected chi connectivity index (χ1v) is 5.82. The lowest BCUT2D eigenvalue weighted by Crippen LogP contribution is -2.35. The highest BCUT2D eigenvalue weighted by Gasteiger charge is 2.13. The molecule has 2 N–H and O–H groups in total. The van der Waals surface area contributed by atoms with Crippen LogP contribution in [0.25, 0.3) is 0 Å². The average molecular weight is 280 g/mol. The highest BCUT2D eigenvalue weighted by molar-refractivity contribution is 5.91. The summed E-state index contributed by atoms with van der Waals surface area (Å²) in [6, 6.07) is 6.02. The third-order valence-electron chi connectivity index (χ3n) is 2.47. The van der Waals surface area contributed by atoms with E-state index in [1.807, 2.05) is 0 Å². The summed E-state index contributed by atoms with van der Waals surface area (Å²) in [5.41, 5.74) is 1.04. The zero-order chi connectivity index (χ0) is 15.1. The quantitative estimate of drug-likeness (QED) is 0.783. The summed E-state index contributed by atoms with van der Waals surface area (Å²) in [7, 11) is 2.69. The van der Waals surface area contributed by atoms with Gasteiger partial charge in [-0.3, -0.25) is 9.59 Å². The summed E-state index contributed by atoms with van der Waals surface area (Å²) in [4.78, 5) is 34.6. The minimum absolute atomic E-state index is 0.123. The van der Waals surface area contributed by atoms with Crippen LogP contribution in [-0.4, -0.2) is 48.7 Å². The first-order chi connectivity index (χ1) is 9.42. The second-order valence-electron chi connectivity index (χ2n) is 4.13. The molecular weight excluding hydrogens is 264 g/mol. The number of nitrogens with zero attached hydrogens (tertiary/aromatic N) is 1. The second kappa shape index (κ2) is 7.13. The Morgan fingerprint density at radius 2 is 2.05 bits per heavy atom. The van der Waals surface area contributed by atoms with E-state index in [0.29, 0.717) is 11.3 Å². The van der Waals surface area contributed by atoms with Crippen LogP contribution in [0.1, 0.15) is 5.56 Å². The predicted octanol–water partition coefficient (Wildman–Crippen LogP) is 0.950. The molecule has 0 aliphatic carbocycles. The van der Waals surface area contributed by atoms with Gasteiger partial charge in [-0.05, 0) is 17.7 Å². The van der Waals surface area contributed by atoms with Crippen molar-refractivity contribution in [3.63, 3.8) is 0 Å². The number of esters is 1. The van der Waals surface area contributed by atoms with Gasteiger partial charge in [-0.25, -0.2) is 4.79 Å². The Balaban J connectivity index is 2.65. The molecule has 20 heavy (non-hydrogen) atoms. The summed E-state index contributed by atoms with van der Waals surface area (Å²) in [5, 5.41) is 11.3. The number of rotatable bonds is 5. The number of carboxylic acid groups (broad SMARTS) is 1. The third kappa shape index (κ3) is 4.97. The van der Waals surface area contributed by atoms with Crippen LogP contribution in [0, 0.1) is 0 Å². The van der Waals surface area contributed by atoms with Gasteiger partial charge in [0.2, 0.25) is 0 Å². The normalized spacial score (nSPS) is 9.70. The maximum absolute atomic E-state index is 11.8. The first kappa shape index (κ1) is 15.5. The van der Waals surface area contributed by atoms with Crippen molar-refractivity contribution in [1.29, 1.82) is 0 Å². The number of hydrogen-bond donors (Lipinski definition) is 2. The Morgan fingerprint density at radius 1 is 1.35 bits per heavy atom. The van der Waals surface area contributed by atoms with Crippen LogP contribution in [0.3, 0.4) is 0 Å². The molecule has 0 aromatic heterocycles. The van der Waals surface area contributed by atoms with Gasteiger partial charge in [0.15, 0.2) is 0 Å². The number of ether oxygens (including phenoxy) is 1. The number of hydrogen-bond acceptors (Lipinski definition) is 4. The lowest BCUT2D eigenvalue weighted by molar-refractivity contribution is -0.141. The first-order valence-electron chi connectivity index (χ1n) is 5.82. The van der Waals surface area contributed by atoms with Crippen LogP contribution in [0.4, 0.5) is 10.5 Å². The summed E-state index contributed by atoms with van der Waals surface area (Å²) >= 11 is 0. The zero-order valence-corrected chi connectivity index (χ0v) is 11.3. The lowest BCUT2D eigenvalue weighted by atomic mass is 10.1. The monoisotopic (exact) mass is 280 g/mol. The van der Waals surface area contributed by atoms with Crippen LogP contribution in [0.5, 0.6) is 0 Å². The molecule has 0 saturated carbocycles. The van der Waals surface area contributed by atoms with Crippen molar-refractivity contribution in [3.05, 3.63) is 29.8 Å². The minimum Gasteiger partial charge on any atom is -0.481 e. The molecule has 7 nitrogen and oxygen atoms in total. The molecule has 1 rings (SSSR count). The maximum Gasteiger partial charge on any atom is 0.325 e. The van der Waals surface area contributed by atoms with Gasteiger partial charge in [-0.1, -0.05) is 12.1 Å². The van der Waals surface area contributed by atoms with Crippen molar-refractivity contribution in [2.24, 2.45) is 0 Å². The van der Waals surface area contributed by atoms with Gasteiger partial charge in [-0.2, -0.15) is 0 Å². The average Bonchev–Trinajstić information content (AvgIpc) is 2.38. The molecule has 0 unspecified atom stereocenters. The molecule has 0 atom stereocenters. The Bertz CT molecular complexity index is 515. The molecule has 7 heteroatoms. The number of carboxylic acids is 1. The molecule has 0 aliphatic rings. The van der Waals surface area contributed by atoms with Gasteiger partial charge in [0, 0.05) is 12.7 Å². The van der Waals surface area contributed by atoms with E-state index in [9.17, 15) is 14.4 Å². The van der Waals surface area contributed by atoms with Gasteiger partial charge in [0.05, 0.1) is 13.5 Å². The fourth-order valence-electron chi connectivity index (χ4n) is 1.48.